The minimum Gasteiger partial charge on any atom is -0.348 e. The molecular formula is C12H14N4O. The molecule has 0 spiro atoms. The summed E-state index contributed by atoms with van der Waals surface area (Å²) in [6, 6.07) is 8.66. The molecule has 5 nitrogen and oxygen atoms in total. The van der Waals surface area contributed by atoms with Gasteiger partial charge in [0.25, 0.3) is 0 Å². The predicted molar refractivity (Wildman–Crippen MR) is 65.3 cm³/mol. The SMILES string of the molecule is NC(Cc1cnc[nH]1)C(=O)Nc1ccccc1. The first-order chi connectivity index (χ1) is 8.25. The minimum atomic E-state index is -0.587. The molecule has 2 aromatic rings. The van der Waals surface area contributed by atoms with Crippen molar-refractivity contribution >= 4 is 11.6 Å². The Morgan fingerprint density at radius 1 is 1.41 bits per heavy atom. The number of H-pyrrole nitrogens is 1. The van der Waals surface area contributed by atoms with Crippen LogP contribution in [0.4, 0.5) is 5.69 Å². The van der Waals surface area contributed by atoms with E-state index in [1.807, 2.05) is 30.3 Å². The maximum atomic E-state index is 11.8. The summed E-state index contributed by atoms with van der Waals surface area (Å²) in [4.78, 5) is 18.6. The average Bonchev–Trinajstić information content (AvgIpc) is 2.83. The molecule has 0 aliphatic rings. The Balaban J connectivity index is 1.92. The molecule has 1 amide bonds. The molecule has 1 unspecified atom stereocenters. The lowest BCUT2D eigenvalue weighted by atomic mass is 10.1. The Bertz CT molecular complexity index is 467. The van der Waals surface area contributed by atoms with Crippen LogP contribution in [0.15, 0.2) is 42.9 Å². The highest BCUT2D eigenvalue weighted by molar-refractivity contribution is 5.94. The van der Waals surface area contributed by atoms with Crippen molar-refractivity contribution in [3.63, 3.8) is 0 Å². The molecule has 0 saturated heterocycles. The van der Waals surface area contributed by atoms with Gasteiger partial charge in [-0.3, -0.25) is 4.79 Å². The van der Waals surface area contributed by atoms with E-state index in [4.69, 9.17) is 5.73 Å². The average molecular weight is 230 g/mol. The summed E-state index contributed by atoms with van der Waals surface area (Å²) in [6.45, 7) is 0. The second kappa shape index (κ2) is 5.27. The molecule has 0 radical (unpaired) electrons. The highest BCUT2D eigenvalue weighted by Gasteiger charge is 2.14. The van der Waals surface area contributed by atoms with Crippen LogP contribution in [0.25, 0.3) is 0 Å². The molecule has 1 heterocycles. The normalized spacial score (nSPS) is 12.1. The van der Waals surface area contributed by atoms with Crippen LogP contribution in [0.1, 0.15) is 5.69 Å². The molecule has 0 fully saturated rings. The molecule has 0 aliphatic heterocycles. The van der Waals surface area contributed by atoms with Gasteiger partial charge in [0.2, 0.25) is 5.91 Å². The zero-order chi connectivity index (χ0) is 12.1. The molecule has 1 aromatic heterocycles. The number of nitrogens with two attached hydrogens (primary N) is 1. The zero-order valence-corrected chi connectivity index (χ0v) is 9.26. The third-order valence-corrected chi connectivity index (χ3v) is 2.37. The smallest absolute Gasteiger partial charge is 0.241 e. The summed E-state index contributed by atoms with van der Waals surface area (Å²) in [7, 11) is 0. The molecule has 1 atom stereocenters. The van der Waals surface area contributed by atoms with Gasteiger partial charge in [-0.05, 0) is 12.1 Å². The van der Waals surface area contributed by atoms with Crippen molar-refractivity contribution in [2.45, 2.75) is 12.5 Å². The number of carbonyl (C=O) groups excluding carboxylic acids is 1. The van der Waals surface area contributed by atoms with Crippen LogP contribution in [0.2, 0.25) is 0 Å². The van der Waals surface area contributed by atoms with Gasteiger partial charge in [0, 0.05) is 24.0 Å². The molecule has 0 bridgehead atoms. The quantitative estimate of drug-likeness (QED) is 0.730. The van der Waals surface area contributed by atoms with Crippen LogP contribution in [0.3, 0.4) is 0 Å². The maximum absolute atomic E-state index is 11.8. The second-order valence-corrected chi connectivity index (χ2v) is 3.74. The van der Waals surface area contributed by atoms with E-state index in [2.05, 4.69) is 15.3 Å². The maximum Gasteiger partial charge on any atom is 0.241 e. The van der Waals surface area contributed by atoms with Crippen molar-refractivity contribution in [1.82, 2.24) is 9.97 Å². The first kappa shape index (κ1) is 11.3. The van der Waals surface area contributed by atoms with E-state index >= 15 is 0 Å². The zero-order valence-electron chi connectivity index (χ0n) is 9.26. The molecule has 0 aliphatic carbocycles. The van der Waals surface area contributed by atoms with E-state index in [9.17, 15) is 4.79 Å². The lowest BCUT2D eigenvalue weighted by molar-refractivity contribution is -0.117. The summed E-state index contributed by atoms with van der Waals surface area (Å²) < 4.78 is 0. The Labute approximate surface area is 99.1 Å². The summed E-state index contributed by atoms with van der Waals surface area (Å²) >= 11 is 0. The Kier molecular flexibility index (Phi) is 3.52. The van der Waals surface area contributed by atoms with Crippen LogP contribution in [-0.2, 0) is 11.2 Å². The monoisotopic (exact) mass is 230 g/mol. The van der Waals surface area contributed by atoms with E-state index in [-0.39, 0.29) is 5.91 Å². The highest BCUT2D eigenvalue weighted by Crippen LogP contribution is 2.06. The summed E-state index contributed by atoms with van der Waals surface area (Å²) in [6.07, 6.45) is 3.67. The molecule has 5 heteroatoms. The number of carbonyl (C=O) groups is 1. The van der Waals surface area contributed by atoms with Crippen molar-refractivity contribution in [1.29, 1.82) is 0 Å². The molecular weight excluding hydrogens is 216 g/mol. The van der Waals surface area contributed by atoms with Crippen molar-refractivity contribution in [2.24, 2.45) is 5.73 Å². The van der Waals surface area contributed by atoms with Gasteiger partial charge in [0.1, 0.15) is 0 Å². The molecule has 1 aromatic carbocycles. The highest BCUT2D eigenvalue weighted by atomic mass is 16.2. The van der Waals surface area contributed by atoms with Crippen LogP contribution < -0.4 is 11.1 Å². The van der Waals surface area contributed by atoms with E-state index in [1.165, 1.54) is 0 Å². The number of para-hydroxylation sites is 1. The molecule has 4 N–H and O–H groups in total. The molecule has 88 valence electrons. The van der Waals surface area contributed by atoms with E-state index in [0.29, 0.717) is 6.42 Å². The first-order valence-electron chi connectivity index (χ1n) is 5.34. The topological polar surface area (TPSA) is 83.8 Å². The summed E-state index contributed by atoms with van der Waals surface area (Å²) in [5, 5.41) is 2.76. The number of anilines is 1. The number of hydrogen-bond acceptors (Lipinski definition) is 3. The Morgan fingerprint density at radius 3 is 2.82 bits per heavy atom. The number of hydrogen-bond donors (Lipinski definition) is 3. The molecule has 2 rings (SSSR count). The third kappa shape index (κ3) is 3.15. The molecule has 17 heavy (non-hydrogen) atoms. The van der Waals surface area contributed by atoms with Gasteiger partial charge < -0.3 is 16.0 Å². The number of aromatic amines is 1. The number of rotatable bonds is 4. The van der Waals surface area contributed by atoms with E-state index < -0.39 is 6.04 Å². The lowest BCUT2D eigenvalue weighted by Gasteiger charge is -2.11. The van der Waals surface area contributed by atoms with Crippen molar-refractivity contribution in [2.75, 3.05) is 5.32 Å². The fourth-order valence-electron chi connectivity index (χ4n) is 1.48. The number of nitrogens with zero attached hydrogens (tertiary/aromatic N) is 1. The van der Waals surface area contributed by atoms with E-state index in [1.54, 1.807) is 12.5 Å². The van der Waals surface area contributed by atoms with Gasteiger partial charge in [-0.2, -0.15) is 0 Å². The van der Waals surface area contributed by atoms with Crippen molar-refractivity contribution in [3.8, 4) is 0 Å². The lowest BCUT2D eigenvalue weighted by Crippen LogP contribution is -2.37. The van der Waals surface area contributed by atoms with Crippen molar-refractivity contribution < 1.29 is 4.79 Å². The van der Waals surface area contributed by atoms with Crippen LogP contribution in [0, 0.1) is 0 Å². The summed E-state index contributed by atoms with van der Waals surface area (Å²) in [5.41, 5.74) is 7.39. The van der Waals surface area contributed by atoms with Gasteiger partial charge in [-0.25, -0.2) is 4.98 Å². The summed E-state index contributed by atoms with van der Waals surface area (Å²) in [5.74, 6) is -0.203. The van der Waals surface area contributed by atoms with Crippen LogP contribution in [0.5, 0.6) is 0 Å². The fourth-order valence-corrected chi connectivity index (χ4v) is 1.48. The molecule has 0 saturated carbocycles. The van der Waals surface area contributed by atoms with Gasteiger partial charge in [-0.1, -0.05) is 18.2 Å². The predicted octanol–water partition coefficient (Wildman–Crippen LogP) is 0.918. The first-order valence-corrected chi connectivity index (χ1v) is 5.34. The number of aromatic nitrogens is 2. The number of amides is 1. The van der Waals surface area contributed by atoms with E-state index in [0.717, 1.165) is 11.4 Å². The Morgan fingerprint density at radius 2 is 2.18 bits per heavy atom. The van der Waals surface area contributed by atoms with Gasteiger partial charge in [-0.15, -0.1) is 0 Å². The number of nitrogens with one attached hydrogen (secondary N) is 2. The minimum absolute atomic E-state index is 0.203. The largest absolute Gasteiger partial charge is 0.348 e. The van der Waals surface area contributed by atoms with Gasteiger partial charge in [0.05, 0.1) is 12.4 Å². The van der Waals surface area contributed by atoms with Crippen molar-refractivity contribution in [3.05, 3.63) is 48.5 Å². The number of imidazole rings is 1. The van der Waals surface area contributed by atoms with Crippen LogP contribution >= 0.6 is 0 Å². The number of benzene rings is 1. The Hall–Kier alpha value is -2.14. The second-order valence-electron chi connectivity index (χ2n) is 3.74. The fraction of sp³-hybridized carbons (Fsp3) is 0.167. The van der Waals surface area contributed by atoms with Gasteiger partial charge >= 0.3 is 0 Å². The standard InChI is InChI=1S/C12H14N4O/c13-11(6-10-7-14-8-15-10)12(17)16-9-4-2-1-3-5-9/h1-5,7-8,11H,6,13H2,(H,14,15)(H,16,17). The van der Waals surface area contributed by atoms with Crippen LogP contribution in [-0.4, -0.2) is 21.9 Å². The van der Waals surface area contributed by atoms with Gasteiger partial charge in [0.15, 0.2) is 0 Å². The third-order valence-electron chi connectivity index (χ3n) is 2.37.